The van der Waals surface area contributed by atoms with Gasteiger partial charge in [-0.3, -0.25) is 9.78 Å². The van der Waals surface area contributed by atoms with Crippen LogP contribution in [0.15, 0.2) is 76.7 Å². The zero-order chi connectivity index (χ0) is 21.5. The molecule has 5 rings (SSSR count). The quantitative estimate of drug-likeness (QED) is 0.438. The van der Waals surface area contributed by atoms with E-state index in [0.717, 1.165) is 15.3 Å². The number of rotatable bonds is 3. The minimum atomic E-state index is -0.553. The highest BCUT2D eigenvalue weighted by atomic mass is 35.5. The van der Waals surface area contributed by atoms with Crippen molar-refractivity contribution in [3.63, 3.8) is 0 Å². The van der Waals surface area contributed by atoms with Crippen molar-refractivity contribution in [1.29, 1.82) is 0 Å². The molecule has 1 N–H and O–H groups in total. The number of pyridine rings is 2. The van der Waals surface area contributed by atoms with Crippen LogP contribution in [-0.2, 0) is 0 Å². The normalized spacial score (nSPS) is 11.2. The Labute approximate surface area is 180 Å². The molecule has 2 aromatic carbocycles. The maximum atomic E-state index is 13.3. The molecular formula is C23H15ClN4O3. The average Bonchev–Trinajstić information content (AvgIpc) is 2.79. The van der Waals surface area contributed by atoms with Crippen molar-refractivity contribution in [2.75, 3.05) is 7.11 Å². The Hall–Kier alpha value is -3.97. The standard InChI is InChI=1S/C23H15ClN4O3/c1-31-15-9-18(21(24)26-11-15)13-6-7-17-19(8-13)27-23(30)28(22(17)29)20-12-25-10-14-4-2-3-5-16(14)20/h2-12H,1H3,(H,27,30). The molecule has 8 heteroatoms. The first-order chi connectivity index (χ1) is 15.1. The Balaban J connectivity index is 1.74. The molecule has 0 saturated carbocycles. The molecule has 0 radical (unpaired) electrons. The van der Waals surface area contributed by atoms with Crippen LogP contribution in [0.2, 0.25) is 5.15 Å². The number of benzene rings is 2. The molecule has 0 aliphatic heterocycles. The Kier molecular flexibility index (Phi) is 4.52. The van der Waals surface area contributed by atoms with E-state index in [2.05, 4.69) is 15.0 Å². The maximum absolute atomic E-state index is 13.3. The summed E-state index contributed by atoms with van der Waals surface area (Å²) < 4.78 is 6.33. The smallest absolute Gasteiger partial charge is 0.333 e. The lowest BCUT2D eigenvalue weighted by Crippen LogP contribution is -2.33. The van der Waals surface area contributed by atoms with E-state index in [-0.39, 0.29) is 5.15 Å². The van der Waals surface area contributed by atoms with E-state index in [1.165, 1.54) is 19.5 Å². The van der Waals surface area contributed by atoms with Gasteiger partial charge < -0.3 is 9.72 Å². The van der Waals surface area contributed by atoms with Crippen LogP contribution in [0.25, 0.3) is 38.5 Å². The molecule has 0 saturated heterocycles. The van der Waals surface area contributed by atoms with Gasteiger partial charge in [-0.1, -0.05) is 41.9 Å². The molecule has 3 aromatic heterocycles. The SMILES string of the molecule is COc1cnc(Cl)c(-c2ccc3c(=O)n(-c4cncc5ccccc45)c(=O)[nH]c3c2)c1. The summed E-state index contributed by atoms with van der Waals surface area (Å²) in [5.41, 5.74) is 1.17. The van der Waals surface area contributed by atoms with E-state index in [1.54, 1.807) is 30.5 Å². The third-order valence-electron chi connectivity index (χ3n) is 5.15. The summed E-state index contributed by atoms with van der Waals surface area (Å²) in [5.74, 6) is 0.548. The highest BCUT2D eigenvalue weighted by Gasteiger charge is 2.14. The molecule has 0 unspecified atom stereocenters. The Morgan fingerprint density at radius 3 is 2.68 bits per heavy atom. The molecule has 3 heterocycles. The van der Waals surface area contributed by atoms with Crippen molar-refractivity contribution in [3.8, 4) is 22.6 Å². The number of H-pyrrole nitrogens is 1. The average molecular weight is 431 g/mol. The number of aromatic nitrogens is 4. The van der Waals surface area contributed by atoms with Crippen LogP contribution >= 0.6 is 11.6 Å². The van der Waals surface area contributed by atoms with Gasteiger partial charge in [0.25, 0.3) is 5.56 Å². The van der Waals surface area contributed by atoms with Crippen molar-refractivity contribution < 1.29 is 4.74 Å². The van der Waals surface area contributed by atoms with Crippen LogP contribution in [0.3, 0.4) is 0 Å². The molecule has 31 heavy (non-hydrogen) atoms. The zero-order valence-corrected chi connectivity index (χ0v) is 17.1. The van der Waals surface area contributed by atoms with Gasteiger partial charge >= 0.3 is 5.69 Å². The molecule has 0 aliphatic carbocycles. The monoisotopic (exact) mass is 430 g/mol. The molecule has 0 spiro atoms. The largest absolute Gasteiger partial charge is 0.495 e. The van der Waals surface area contributed by atoms with Gasteiger partial charge in [0.15, 0.2) is 0 Å². The fraction of sp³-hybridized carbons (Fsp3) is 0.0435. The lowest BCUT2D eigenvalue weighted by molar-refractivity contribution is 0.413. The van der Waals surface area contributed by atoms with Gasteiger partial charge in [-0.05, 0) is 23.8 Å². The first-order valence-corrected chi connectivity index (χ1v) is 9.77. The summed E-state index contributed by atoms with van der Waals surface area (Å²) in [7, 11) is 1.54. The van der Waals surface area contributed by atoms with Crippen LogP contribution in [0, 0.1) is 0 Å². The molecule has 152 valence electrons. The van der Waals surface area contributed by atoms with Crippen molar-refractivity contribution in [2.24, 2.45) is 0 Å². The summed E-state index contributed by atoms with van der Waals surface area (Å²) in [4.78, 5) is 37.3. The van der Waals surface area contributed by atoms with E-state index < -0.39 is 11.2 Å². The fourth-order valence-corrected chi connectivity index (χ4v) is 3.84. The lowest BCUT2D eigenvalue weighted by atomic mass is 10.1. The fourth-order valence-electron chi connectivity index (χ4n) is 3.63. The summed E-state index contributed by atoms with van der Waals surface area (Å²) in [6, 6.07) is 14.3. The highest BCUT2D eigenvalue weighted by Crippen LogP contribution is 2.30. The third kappa shape index (κ3) is 3.15. The predicted octanol–water partition coefficient (Wildman–Crippen LogP) is 3.95. The molecular weight excluding hydrogens is 416 g/mol. The van der Waals surface area contributed by atoms with Crippen molar-refractivity contribution in [1.82, 2.24) is 19.5 Å². The number of aromatic amines is 1. The second kappa shape index (κ2) is 7.37. The number of methoxy groups -OCH3 is 1. The second-order valence-corrected chi connectivity index (χ2v) is 7.28. The van der Waals surface area contributed by atoms with Gasteiger partial charge in [-0.15, -0.1) is 0 Å². The summed E-state index contributed by atoms with van der Waals surface area (Å²) in [5, 5.41) is 2.25. The first kappa shape index (κ1) is 19.0. The van der Waals surface area contributed by atoms with Crippen molar-refractivity contribution in [2.45, 2.75) is 0 Å². The van der Waals surface area contributed by atoms with Gasteiger partial charge in [0.05, 0.1) is 36.1 Å². The van der Waals surface area contributed by atoms with Crippen LogP contribution < -0.4 is 16.0 Å². The Morgan fingerprint density at radius 2 is 1.84 bits per heavy atom. The van der Waals surface area contributed by atoms with Crippen molar-refractivity contribution in [3.05, 3.63) is 93.1 Å². The second-order valence-electron chi connectivity index (χ2n) is 6.92. The molecule has 0 amide bonds. The first-order valence-electron chi connectivity index (χ1n) is 9.39. The summed E-state index contributed by atoms with van der Waals surface area (Å²) in [6.45, 7) is 0. The van der Waals surface area contributed by atoms with Crippen LogP contribution in [0.5, 0.6) is 5.75 Å². The summed E-state index contributed by atoms with van der Waals surface area (Å²) >= 11 is 6.25. The Morgan fingerprint density at radius 1 is 1.00 bits per heavy atom. The molecule has 5 aromatic rings. The summed E-state index contributed by atoms with van der Waals surface area (Å²) in [6.07, 6.45) is 4.73. The number of hydrogen-bond donors (Lipinski definition) is 1. The van der Waals surface area contributed by atoms with Crippen molar-refractivity contribution >= 4 is 33.3 Å². The van der Waals surface area contributed by atoms with E-state index in [0.29, 0.717) is 33.5 Å². The van der Waals surface area contributed by atoms with Gasteiger partial charge in [0.1, 0.15) is 10.9 Å². The van der Waals surface area contributed by atoms with Gasteiger partial charge in [0.2, 0.25) is 0 Å². The van der Waals surface area contributed by atoms with E-state index in [4.69, 9.17) is 16.3 Å². The number of fused-ring (bicyclic) bond motifs is 2. The molecule has 0 atom stereocenters. The van der Waals surface area contributed by atoms with Crippen LogP contribution in [0.1, 0.15) is 0 Å². The molecule has 7 nitrogen and oxygen atoms in total. The molecule has 0 aliphatic rings. The highest BCUT2D eigenvalue weighted by molar-refractivity contribution is 6.32. The number of hydrogen-bond acceptors (Lipinski definition) is 5. The van der Waals surface area contributed by atoms with E-state index in [9.17, 15) is 9.59 Å². The van der Waals surface area contributed by atoms with Gasteiger partial charge in [0, 0.05) is 22.5 Å². The zero-order valence-electron chi connectivity index (χ0n) is 16.3. The maximum Gasteiger partial charge on any atom is 0.333 e. The minimum Gasteiger partial charge on any atom is -0.495 e. The lowest BCUT2D eigenvalue weighted by Gasteiger charge is -2.11. The molecule has 0 bridgehead atoms. The predicted molar refractivity (Wildman–Crippen MR) is 120 cm³/mol. The van der Waals surface area contributed by atoms with Crippen LogP contribution in [0.4, 0.5) is 0 Å². The van der Waals surface area contributed by atoms with Crippen LogP contribution in [-0.4, -0.2) is 26.6 Å². The van der Waals surface area contributed by atoms with E-state index >= 15 is 0 Å². The topological polar surface area (TPSA) is 89.9 Å². The van der Waals surface area contributed by atoms with E-state index in [1.807, 2.05) is 24.3 Å². The number of nitrogens with one attached hydrogen (secondary N) is 1. The third-order valence-corrected chi connectivity index (χ3v) is 5.45. The van der Waals surface area contributed by atoms with Gasteiger partial charge in [-0.25, -0.2) is 14.3 Å². The number of ether oxygens (including phenoxy) is 1. The number of halogens is 1. The Bertz CT molecular complexity index is 1580. The minimum absolute atomic E-state index is 0.290. The molecule has 0 fully saturated rings. The number of nitrogens with zero attached hydrogens (tertiary/aromatic N) is 3. The van der Waals surface area contributed by atoms with Gasteiger partial charge in [-0.2, -0.15) is 0 Å².